The Morgan fingerprint density at radius 1 is 1.12 bits per heavy atom. The molecule has 0 saturated carbocycles. The van der Waals surface area contributed by atoms with Crippen molar-refractivity contribution in [3.05, 3.63) is 47.6 Å². The van der Waals surface area contributed by atoms with E-state index >= 15 is 0 Å². The minimum Gasteiger partial charge on any atom is -0.422 e. The lowest BCUT2D eigenvalue weighted by molar-refractivity contribution is 0.0938. The van der Waals surface area contributed by atoms with Gasteiger partial charge in [-0.1, -0.05) is 30.3 Å². The number of aromatic nitrogens is 3. The standard InChI is InChI=1S/C18H20N4O2/c1-12-19-17(16-18(20-12)24-13(2)21-16)22-8-9-23-11-15(22)10-14-6-4-3-5-7-14/h3-7,15H,8-11H2,1-2H3/t15-/m0/s1. The fraction of sp³-hybridized carbons (Fsp3) is 0.389. The normalized spacial score (nSPS) is 18.2. The van der Waals surface area contributed by atoms with Crippen LogP contribution in [-0.4, -0.2) is 40.8 Å². The first-order chi connectivity index (χ1) is 11.7. The maximum Gasteiger partial charge on any atom is 0.252 e. The van der Waals surface area contributed by atoms with E-state index in [2.05, 4.69) is 44.1 Å². The first kappa shape index (κ1) is 15.1. The second-order valence-corrected chi connectivity index (χ2v) is 6.09. The minimum atomic E-state index is 0.218. The molecule has 1 atom stereocenters. The molecule has 4 rings (SSSR count). The van der Waals surface area contributed by atoms with Crippen LogP contribution in [0.15, 0.2) is 34.7 Å². The number of benzene rings is 1. The number of rotatable bonds is 3. The summed E-state index contributed by atoms with van der Waals surface area (Å²) in [6.07, 6.45) is 0.905. The van der Waals surface area contributed by atoms with Gasteiger partial charge in [-0.25, -0.2) is 9.97 Å². The number of hydrogen-bond donors (Lipinski definition) is 0. The molecule has 6 heteroatoms. The molecule has 1 fully saturated rings. The largest absolute Gasteiger partial charge is 0.422 e. The van der Waals surface area contributed by atoms with Gasteiger partial charge in [-0.05, 0) is 18.9 Å². The summed E-state index contributed by atoms with van der Waals surface area (Å²) in [5, 5.41) is 0. The molecule has 0 N–H and O–H groups in total. The van der Waals surface area contributed by atoms with Gasteiger partial charge in [0.15, 0.2) is 17.2 Å². The van der Waals surface area contributed by atoms with Crippen LogP contribution in [0.5, 0.6) is 0 Å². The van der Waals surface area contributed by atoms with Crippen LogP contribution in [0.2, 0.25) is 0 Å². The molecule has 0 amide bonds. The van der Waals surface area contributed by atoms with E-state index in [-0.39, 0.29) is 6.04 Å². The summed E-state index contributed by atoms with van der Waals surface area (Å²) in [6, 6.07) is 10.7. The van der Waals surface area contributed by atoms with Crippen LogP contribution in [0.25, 0.3) is 11.2 Å². The molecule has 0 unspecified atom stereocenters. The fourth-order valence-electron chi connectivity index (χ4n) is 3.21. The zero-order valence-corrected chi connectivity index (χ0v) is 13.9. The molecule has 6 nitrogen and oxygen atoms in total. The van der Waals surface area contributed by atoms with Crippen molar-refractivity contribution >= 4 is 17.0 Å². The maximum absolute atomic E-state index is 5.72. The van der Waals surface area contributed by atoms with Crippen LogP contribution < -0.4 is 4.90 Å². The predicted molar refractivity (Wildman–Crippen MR) is 91.2 cm³/mol. The minimum absolute atomic E-state index is 0.218. The number of morpholine rings is 1. The van der Waals surface area contributed by atoms with E-state index in [1.54, 1.807) is 0 Å². The highest BCUT2D eigenvalue weighted by Crippen LogP contribution is 2.27. The zero-order chi connectivity index (χ0) is 16.5. The number of anilines is 1. The molecular weight excluding hydrogens is 304 g/mol. The quantitative estimate of drug-likeness (QED) is 0.738. The first-order valence-corrected chi connectivity index (χ1v) is 8.21. The Balaban J connectivity index is 1.72. The molecule has 1 aliphatic rings. The summed E-state index contributed by atoms with van der Waals surface area (Å²) < 4.78 is 11.3. The Kier molecular flexibility index (Phi) is 3.90. The molecular formula is C18H20N4O2. The molecule has 0 aliphatic carbocycles. The van der Waals surface area contributed by atoms with Gasteiger partial charge in [-0.3, -0.25) is 0 Å². The van der Waals surface area contributed by atoms with Crippen molar-refractivity contribution in [3.8, 4) is 0 Å². The average Bonchev–Trinajstić information content (AvgIpc) is 2.95. The van der Waals surface area contributed by atoms with Crippen LogP contribution in [0.1, 0.15) is 17.3 Å². The van der Waals surface area contributed by atoms with Gasteiger partial charge in [0.1, 0.15) is 5.82 Å². The molecule has 1 aromatic carbocycles. The summed E-state index contributed by atoms with van der Waals surface area (Å²) in [5.74, 6) is 2.15. The van der Waals surface area contributed by atoms with Crippen molar-refractivity contribution in [1.82, 2.24) is 15.0 Å². The monoisotopic (exact) mass is 324 g/mol. The highest BCUT2D eigenvalue weighted by Gasteiger charge is 2.28. The van der Waals surface area contributed by atoms with Gasteiger partial charge in [0.2, 0.25) is 0 Å². The number of nitrogens with zero attached hydrogens (tertiary/aromatic N) is 4. The highest BCUT2D eigenvalue weighted by molar-refractivity contribution is 5.82. The third-order valence-electron chi connectivity index (χ3n) is 4.27. The van der Waals surface area contributed by atoms with E-state index in [9.17, 15) is 0 Å². The Labute approximate surface area is 140 Å². The molecule has 0 bridgehead atoms. The molecule has 124 valence electrons. The van der Waals surface area contributed by atoms with Crippen molar-refractivity contribution in [3.63, 3.8) is 0 Å². The van der Waals surface area contributed by atoms with Crippen LogP contribution in [0.3, 0.4) is 0 Å². The van der Waals surface area contributed by atoms with Crippen molar-refractivity contribution < 1.29 is 9.15 Å². The van der Waals surface area contributed by atoms with Gasteiger partial charge >= 0.3 is 0 Å². The summed E-state index contributed by atoms with van der Waals surface area (Å²) in [5.41, 5.74) is 2.58. The second kappa shape index (κ2) is 6.20. The van der Waals surface area contributed by atoms with E-state index in [0.29, 0.717) is 30.6 Å². The van der Waals surface area contributed by atoms with Gasteiger partial charge in [0.05, 0.1) is 19.3 Å². The summed E-state index contributed by atoms with van der Waals surface area (Å²) in [7, 11) is 0. The average molecular weight is 324 g/mol. The SMILES string of the molecule is Cc1nc(N2CCOC[C@@H]2Cc2ccccc2)c2nc(C)oc2n1. The lowest BCUT2D eigenvalue weighted by atomic mass is 10.0. The van der Waals surface area contributed by atoms with E-state index < -0.39 is 0 Å². The van der Waals surface area contributed by atoms with Gasteiger partial charge in [-0.2, -0.15) is 4.98 Å². The number of hydrogen-bond acceptors (Lipinski definition) is 6. The Bertz CT molecular complexity index is 847. The smallest absolute Gasteiger partial charge is 0.252 e. The summed E-state index contributed by atoms with van der Waals surface area (Å²) >= 11 is 0. The molecule has 0 spiro atoms. The molecule has 3 aromatic rings. The van der Waals surface area contributed by atoms with Crippen molar-refractivity contribution in [2.75, 3.05) is 24.7 Å². The molecule has 2 aromatic heterocycles. The van der Waals surface area contributed by atoms with Crippen molar-refractivity contribution in [2.24, 2.45) is 0 Å². The van der Waals surface area contributed by atoms with E-state index in [1.807, 2.05) is 19.9 Å². The summed E-state index contributed by atoms with van der Waals surface area (Å²) in [4.78, 5) is 15.8. The number of ether oxygens (including phenoxy) is 1. The van der Waals surface area contributed by atoms with E-state index in [1.165, 1.54) is 5.56 Å². The zero-order valence-electron chi connectivity index (χ0n) is 13.9. The maximum atomic E-state index is 5.72. The molecule has 24 heavy (non-hydrogen) atoms. The Morgan fingerprint density at radius 3 is 2.79 bits per heavy atom. The Hall–Kier alpha value is -2.47. The number of fused-ring (bicyclic) bond motifs is 1. The molecule has 0 radical (unpaired) electrons. The van der Waals surface area contributed by atoms with E-state index in [0.717, 1.165) is 24.3 Å². The number of aryl methyl sites for hydroxylation is 2. The second-order valence-electron chi connectivity index (χ2n) is 6.09. The van der Waals surface area contributed by atoms with Crippen LogP contribution >= 0.6 is 0 Å². The fourth-order valence-corrected chi connectivity index (χ4v) is 3.21. The van der Waals surface area contributed by atoms with Gasteiger partial charge in [0, 0.05) is 13.5 Å². The third kappa shape index (κ3) is 2.85. The number of oxazole rings is 1. The van der Waals surface area contributed by atoms with Crippen molar-refractivity contribution in [1.29, 1.82) is 0 Å². The lowest BCUT2D eigenvalue weighted by Gasteiger charge is -2.36. The van der Waals surface area contributed by atoms with Gasteiger partial charge in [-0.15, -0.1) is 0 Å². The highest BCUT2D eigenvalue weighted by atomic mass is 16.5. The van der Waals surface area contributed by atoms with Crippen LogP contribution in [-0.2, 0) is 11.2 Å². The molecule has 3 heterocycles. The van der Waals surface area contributed by atoms with Gasteiger partial charge in [0.25, 0.3) is 5.71 Å². The third-order valence-corrected chi connectivity index (χ3v) is 4.27. The lowest BCUT2D eigenvalue weighted by Crippen LogP contribution is -2.47. The van der Waals surface area contributed by atoms with Gasteiger partial charge < -0.3 is 14.1 Å². The van der Waals surface area contributed by atoms with Crippen LogP contribution in [0, 0.1) is 13.8 Å². The molecule has 1 saturated heterocycles. The topological polar surface area (TPSA) is 64.3 Å². The predicted octanol–water partition coefficient (Wildman–Crippen LogP) is 2.68. The van der Waals surface area contributed by atoms with Crippen molar-refractivity contribution in [2.45, 2.75) is 26.3 Å². The van der Waals surface area contributed by atoms with E-state index in [4.69, 9.17) is 9.15 Å². The first-order valence-electron chi connectivity index (χ1n) is 8.21. The Morgan fingerprint density at radius 2 is 1.96 bits per heavy atom. The molecule has 1 aliphatic heterocycles. The van der Waals surface area contributed by atoms with Crippen LogP contribution in [0.4, 0.5) is 5.82 Å². The summed E-state index contributed by atoms with van der Waals surface area (Å²) in [6.45, 7) is 5.87.